The first kappa shape index (κ1) is 11.2. The lowest BCUT2D eigenvalue weighted by atomic mass is 10.1. The molecule has 0 bridgehead atoms. The van der Waals surface area contributed by atoms with E-state index in [0.29, 0.717) is 5.57 Å². The van der Waals surface area contributed by atoms with Gasteiger partial charge in [0, 0.05) is 12.1 Å². The Morgan fingerprint density at radius 2 is 2.08 bits per heavy atom. The second-order valence-electron chi connectivity index (χ2n) is 3.39. The molecule has 0 spiro atoms. The van der Waals surface area contributed by atoms with Gasteiger partial charge in [-0.1, -0.05) is 13.0 Å². The molecular formula is C9H17NO2. The van der Waals surface area contributed by atoms with Crippen molar-refractivity contribution >= 4 is 5.97 Å². The fourth-order valence-electron chi connectivity index (χ4n) is 1.13. The van der Waals surface area contributed by atoms with E-state index < -0.39 is 5.97 Å². The molecule has 3 nitrogen and oxygen atoms in total. The number of hydrogen-bond donors (Lipinski definition) is 1. The van der Waals surface area contributed by atoms with E-state index in [4.69, 9.17) is 5.11 Å². The molecule has 0 saturated carbocycles. The summed E-state index contributed by atoms with van der Waals surface area (Å²) in [6, 6.07) is 0. The van der Waals surface area contributed by atoms with E-state index in [2.05, 4.69) is 0 Å². The van der Waals surface area contributed by atoms with Crippen LogP contribution in [0.15, 0.2) is 11.6 Å². The van der Waals surface area contributed by atoms with Crippen LogP contribution in [-0.4, -0.2) is 36.6 Å². The van der Waals surface area contributed by atoms with Gasteiger partial charge < -0.3 is 10.0 Å². The van der Waals surface area contributed by atoms with Gasteiger partial charge in [0.25, 0.3) is 0 Å². The van der Waals surface area contributed by atoms with Gasteiger partial charge in [0.1, 0.15) is 0 Å². The topological polar surface area (TPSA) is 40.5 Å². The Morgan fingerprint density at radius 1 is 1.58 bits per heavy atom. The Hall–Kier alpha value is -0.830. The molecule has 0 aromatic rings. The van der Waals surface area contributed by atoms with Crippen LogP contribution in [0, 0.1) is 5.92 Å². The maximum absolute atomic E-state index is 10.4. The quantitative estimate of drug-likeness (QED) is 0.646. The second kappa shape index (κ2) is 4.93. The van der Waals surface area contributed by atoms with E-state index >= 15 is 0 Å². The monoisotopic (exact) mass is 171 g/mol. The van der Waals surface area contributed by atoms with Crippen molar-refractivity contribution in [2.24, 2.45) is 5.92 Å². The van der Waals surface area contributed by atoms with Crippen LogP contribution in [0.3, 0.4) is 0 Å². The highest BCUT2D eigenvalue weighted by Crippen LogP contribution is 2.03. The van der Waals surface area contributed by atoms with Crippen LogP contribution in [0.5, 0.6) is 0 Å². The minimum absolute atomic E-state index is 0.288. The molecule has 1 unspecified atom stereocenters. The number of rotatable bonds is 4. The Bertz CT molecular complexity index is 185. The number of carboxylic acids is 1. The summed E-state index contributed by atoms with van der Waals surface area (Å²) in [6.45, 7) is 4.51. The largest absolute Gasteiger partial charge is 0.478 e. The number of carboxylic acid groups (broad SMARTS) is 1. The predicted molar refractivity (Wildman–Crippen MR) is 49.1 cm³/mol. The van der Waals surface area contributed by atoms with Crippen molar-refractivity contribution < 1.29 is 9.90 Å². The third kappa shape index (κ3) is 4.91. The lowest BCUT2D eigenvalue weighted by Gasteiger charge is -2.13. The molecule has 0 fully saturated rings. The van der Waals surface area contributed by atoms with Crippen molar-refractivity contribution in [1.82, 2.24) is 4.90 Å². The lowest BCUT2D eigenvalue weighted by molar-refractivity contribution is -0.132. The number of hydrogen-bond acceptors (Lipinski definition) is 2. The molecule has 3 heteroatoms. The first-order chi connectivity index (χ1) is 5.43. The molecule has 12 heavy (non-hydrogen) atoms. The summed E-state index contributed by atoms with van der Waals surface area (Å²) in [4.78, 5) is 12.5. The van der Waals surface area contributed by atoms with E-state index in [1.807, 2.05) is 25.9 Å². The molecular weight excluding hydrogens is 154 g/mol. The first-order valence-electron chi connectivity index (χ1n) is 4.00. The molecule has 0 radical (unpaired) electrons. The SMILES string of the molecule is CC(=CC(C)CN(C)C)C(=O)O. The standard InChI is InChI=1S/C9H17NO2/c1-7(6-10(3)4)5-8(2)9(11)12/h5,7H,6H2,1-4H3,(H,11,12). The van der Waals surface area contributed by atoms with Crippen molar-refractivity contribution in [3.63, 3.8) is 0 Å². The molecule has 1 N–H and O–H groups in total. The molecule has 0 aromatic carbocycles. The van der Waals surface area contributed by atoms with Crippen LogP contribution in [0.2, 0.25) is 0 Å². The van der Waals surface area contributed by atoms with E-state index in [0.717, 1.165) is 6.54 Å². The molecule has 70 valence electrons. The van der Waals surface area contributed by atoms with Gasteiger partial charge in [0.05, 0.1) is 0 Å². The summed E-state index contributed by atoms with van der Waals surface area (Å²) in [7, 11) is 3.95. The highest BCUT2D eigenvalue weighted by Gasteiger charge is 2.04. The zero-order valence-corrected chi connectivity index (χ0v) is 8.16. The van der Waals surface area contributed by atoms with Gasteiger partial charge in [-0.25, -0.2) is 4.79 Å². The van der Waals surface area contributed by atoms with Crippen molar-refractivity contribution in [1.29, 1.82) is 0 Å². The maximum atomic E-state index is 10.4. The van der Waals surface area contributed by atoms with Crippen LogP contribution in [0.4, 0.5) is 0 Å². The minimum atomic E-state index is -0.833. The van der Waals surface area contributed by atoms with Gasteiger partial charge in [-0.05, 0) is 26.9 Å². The summed E-state index contributed by atoms with van der Waals surface area (Å²) >= 11 is 0. The molecule has 0 aliphatic carbocycles. The van der Waals surface area contributed by atoms with Crippen molar-refractivity contribution in [2.75, 3.05) is 20.6 Å². The third-order valence-electron chi connectivity index (χ3n) is 1.52. The smallest absolute Gasteiger partial charge is 0.330 e. The number of carbonyl (C=O) groups is 1. The van der Waals surface area contributed by atoms with Crippen LogP contribution < -0.4 is 0 Å². The Morgan fingerprint density at radius 3 is 2.42 bits per heavy atom. The van der Waals surface area contributed by atoms with Crippen LogP contribution in [0.1, 0.15) is 13.8 Å². The van der Waals surface area contributed by atoms with Gasteiger partial charge >= 0.3 is 5.97 Å². The Kier molecular flexibility index (Phi) is 4.59. The number of aliphatic carboxylic acids is 1. The van der Waals surface area contributed by atoms with E-state index in [9.17, 15) is 4.79 Å². The molecule has 0 aromatic heterocycles. The molecule has 0 aliphatic rings. The lowest BCUT2D eigenvalue weighted by Crippen LogP contribution is -2.19. The normalized spacial score (nSPS) is 14.9. The third-order valence-corrected chi connectivity index (χ3v) is 1.52. The maximum Gasteiger partial charge on any atom is 0.330 e. The molecule has 0 amide bonds. The molecule has 0 aliphatic heterocycles. The van der Waals surface area contributed by atoms with E-state index in [1.54, 1.807) is 13.0 Å². The van der Waals surface area contributed by atoms with E-state index in [1.165, 1.54) is 0 Å². The predicted octanol–water partition coefficient (Wildman–Crippen LogP) is 1.21. The van der Waals surface area contributed by atoms with Crippen LogP contribution in [-0.2, 0) is 4.79 Å². The van der Waals surface area contributed by atoms with E-state index in [-0.39, 0.29) is 5.92 Å². The molecule has 0 rings (SSSR count). The summed E-state index contributed by atoms with van der Waals surface area (Å²) in [5.74, 6) is -0.545. The highest BCUT2D eigenvalue weighted by molar-refractivity contribution is 5.85. The van der Waals surface area contributed by atoms with Crippen molar-refractivity contribution in [2.45, 2.75) is 13.8 Å². The fourth-order valence-corrected chi connectivity index (χ4v) is 1.13. The zero-order chi connectivity index (χ0) is 9.72. The summed E-state index contributed by atoms with van der Waals surface area (Å²) in [5.41, 5.74) is 0.421. The minimum Gasteiger partial charge on any atom is -0.478 e. The van der Waals surface area contributed by atoms with Gasteiger partial charge in [0.15, 0.2) is 0 Å². The summed E-state index contributed by atoms with van der Waals surface area (Å²) < 4.78 is 0. The Balaban J connectivity index is 4.05. The van der Waals surface area contributed by atoms with Gasteiger partial charge in [-0.2, -0.15) is 0 Å². The van der Waals surface area contributed by atoms with Crippen molar-refractivity contribution in [3.05, 3.63) is 11.6 Å². The average molecular weight is 171 g/mol. The van der Waals surface area contributed by atoms with Crippen LogP contribution in [0.25, 0.3) is 0 Å². The second-order valence-corrected chi connectivity index (χ2v) is 3.39. The highest BCUT2D eigenvalue weighted by atomic mass is 16.4. The summed E-state index contributed by atoms with van der Waals surface area (Å²) in [5, 5.41) is 8.58. The zero-order valence-electron chi connectivity index (χ0n) is 8.16. The molecule has 0 saturated heterocycles. The Labute approximate surface area is 73.7 Å². The van der Waals surface area contributed by atoms with Gasteiger partial charge in [0.2, 0.25) is 0 Å². The van der Waals surface area contributed by atoms with Gasteiger partial charge in [-0.3, -0.25) is 0 Å². The van der Waals surface area contributed by atoms with Crippen LogP contribution >= 0.6 is 0 Å². The molecule has 0 heterocycles. The van der Waals surface area contributed by atoms with Gasteiger partial charge in [-0.15, -0.1) is 0 Å². The number of nitrogens with zero attached hydrogens (tertiary/aromatic N) is 1. The average Bonchev–Trinajstić information content (AvgIpc) is 1.84. The molecule has 1 atom stereocenters. The van der Waals surface area contributed by atoms with Crippen molar-refractivity contribution in [3.8, 4) is 0 Å². The first-order valence-corrected chi connectivity index (χ1v) is 4.00. The summed E-state index contributed by atoms with van der Waals surface area (Å²) in [6.07, 6.45) is 1.78. The fraction of sp³-hybridized carbons (Fsp3) is 0.667.